The molecule has 0 aliphatic heterocycles. The highest BCUT2D eigenvalue weighted by atomic mass is 16.7. The van der Waals surface area contributed by atoms with E-state index in [2.05, 4.69) is 34.2 Å². The fraction of sp³-hybridized carbons (Fsp3) is 0.133. The molecule has 7 aromatic carbocycles. The summed E-state index contributed by atoms with van der Waals surface area (Å²) in [5, 5.41) is 0. The molecule has 0 bridgehead atoms. The largest absolute Gasteiger partial charge is 0.497 e. The van der Waals surface area contributed by atoms with Gasteiger partial charge in [0.05, 0.1) is 38.8 Å². The molecule has 10 nitrogen and oxygen atoms in total. The fourth-order valence-electron chi connectivity index (χ4n) is 7.27. The van der Waals surface area contributed by atoms with Crippen LogP contribution in [0.1, 0.15) is 13.8 Å². The molecule has 70 heavy (non-hydrogen) atoms. The van der Waals surface area contributed by atoms with E-state index in [-0.39, 0.29) is 13.6 Å². The molecule has 9 aromatic rings. The van der Waals surface area contributed by atoms with Crippen molar-refractivity contribution < 1.29 is 37.9 Å². The van der Waals surface area contributed by atoms with Crippen molar-refractivity contribution in [1.82, 2.24) is 9.97 Å². The molecule has 0 N–H and O–H groups in total. The first-order valence-corrected chi connectivity index (χ1v) is 23.0. The first kappa shape index (κ1) is 47.7. The third-order valence-electron chi connectivity index (χ3n) is 11.1. The average Bonchev–Trinajstić information content (AvgIpc) is 3.43. The predicted octanol–water partition coefficient (Wildman–Crippen LogP) is 14.1. The molecule has 352 valence electrons. The fourth-order valence-corrected chi connectivity index (χ4v) is 7.27. The van der Waals surface area contributed by atoms with E-state index in [4.69, 9.17) is 37.9 Å². The summed E-state index contributed by atoms with van der Waals surface area (Å²) in [5.41, 5.74) is 10.4. The van der Waals surface area contributed by atoms with Crippen molar-refractivity contribution >= 4 is 0 Å². The number of methoxy groups -OCH3 is 2. The standard InChI is InChI=1S/C33H29NO4.C27H25NO4/c1-3-36-30-15-6-24(7-16-30)25-8-17-31(18-9-25)37-23-38-32-19-10-27(11-20-32)33-21-12-28(22-34-33)26-4-13-29(35-2)14-5-26;1-3-30-24-13-15-26(16-14-24)32-19-31-25-11-6-21(7-12-25)27-17-8-22(18-28-27)20-4-9-23(29-2)10-5-20/h4-22H,3,23H2,1-2H3;4-18H,3,19H2,1-2H3. The minimum Gasteiger partial charge on any atom is -0.497 e. The van der Waals surface area contributed by atoms with Crippen molar-refractivity contribution in [2.24, 2.45) is 0 Å². The Morgan fingerprint density at radius 2 is 0.486 bits per heavy atom. The van der Waals surface area contributed by atoms with Gasteiger partial charge in [0, 0.05) is 34.6 Å². The summed E-state index contributed by atoms with van der Waals surface area (Å²) >= 11 is 0. The molecule has 0 atom stereocenters. The molecule has 0 spiro atoms. The highest BCUT2D eigenvalue weighted by Gasteiger charge is 2.07. The molecule has 10 heteroatoms. The van der Waals surface area contributed by atoms with Crippen LogP contribution in [0.25, 0.3) is 55.9 Å². The van der Waals surface area contributed by atoms with E-state index >= 15 is 0 Å². The van der Waals surface area contributed by atoms with Crippen molar-refractivity contribution in [1.29, 1.82) is 0 Å². The Kier molecular flexibility index (Phi) is 16.6. The summed E-state index contributed by atoms with van der Waals surface area (Å²) in [6.45, 7) is 5.49. The molecular weight excluding hydrogens is 877 g/mol. The number of nitrogens with zero attached hydrogens (tertiary/aromatic N) is 2. The second-order valence-corrected chi connectivity index (χ2v) is 15.6. The number of pyridine rings is 2. The first-order valence-electron chi connectivity index (χ1n) is 23.0. The summed E-state index contributed by atoms with van der Waals surface area (Å²) in [5.74, 6) is 6.31. The highest BCUT2D eigenvalue weighted by molar-refractivity contribution is 5.69. The van der Waals surface area contributed by atoms with Gasteiger partial charge in [0.15, 0.2) is 0 Å². The van der Waals surface area contributed by atoms with E-state index in [9.17, 15) is 0 Å². The van der Waals surface area contributed by atoms with Crippen LogP contribution in [-0.4, -0.2) is 51.0 Å². The maximum absolute atomic E-state index is 5.78. The van der Waals surface area contributed by atoms with Gasteiger partial charge < -0.3 is 37.9 Å². The SMILES string of the molecule is CCOc1ccc(-c2ccc(OCOc3ccc(-c4ccc(-c5ccc(OC)cc5)cn4)cc3)cc2)cc1.CCOc1ccc(OCOc2ccc(-c3ccc(-c4ccc(OC)cc4)cn3)cc2)cc1. The van der Waals surface area contributed by atoms with Gasteiger partial charge in [-0.2, -0.15) is 0 Å². The molecule has 0 amide bonds. The van der Waals surface area contributed by atoms with Crippen molar-refractivity contribution in [3.05, 3.63) is 207 Å². The zero-order valence-corrected chi connectivity index (χ0v) is 39.6. The van der Waals surface area contributed by atoms with Gasteiger partial charge in [-0.25, -0.2) is 0 Å². The molecule has 2 heterocycles. The van der Waals surface area contributed by atoms with Crippen LogP contribution in [0.15, 0.2) is 207 Å². The number of benzene rings is 7. The molecule has 0 radical (unpaired) electrons. The highest BCUT2D eigenvalue weighted by Crippen LogP contribution is 2.29. The summed E-state index contributed by atoms with van der Waals surface area (Å²) in [7, 11) is 3.33. The molecule has 2 aromatic heterocycles. The first-order chi connectivity index (χ1) is 34.5. The number of rotatable bonds is 19. The van der Waals surface area contributed by atoms with Gasteiger partial charge in [-0.15, -0.1) is 0 Å². The van der Waals surface area contributed by atoms with Crippen LogP contribution in [0.5, 0.6) is 46.0 Å². The molecule has 0 aliphatic rings. The minimum absolute atomic E-state index is 0.122. The molecule has 9 rings (SSSR count). The lowest BCUT2D eigenvalue weighted by molar-refractivity contribution is 0.119. The van der Waals surface area contributed by atoms with Crippen molar-refractivity contribution in [3.8, 4) is 102 Å². The van der Waals surface area contributed by atoms with Crippen LogP contribution in [0.2, 0.25) is 0 Å². The Balaban J connectivity index is 0.000000191. The number of hydrogen-bond donors (Lipinski definition) is 0. The molecule has 0 saturated heterocycles. The van der Waals surface area contributed by atoms with Gasteiger partial charge in [-0.3, -0.25) is 9.97 Å². The maximum Gasteiger partial charge on any atom is 0.230 e. The van der Waals surface area contributed by atoms with E-state index < -0.39 is 0 Å². The zero-order chi connectivity index (χ0) is 48.3. The summed E-state index contributed by atoms with van der Waals surface area (Å²) in [6.07, 6.45) is 3.77. The molecule has 0 unspecified atom stereocenters. The molecular formula is C60H54N2O8. The molecule has 0 aliphatic carbocycles. The quantitative estimate of drug-likeness (QED) is 0.0729. The van der Waals surface area contributed by atoms with Gasteiger partial charge in [-0.05, 0) is 170 Å². The third kappa shape index (κ3) is 13.2. The lowest BCUT2D eigenvalue weighted by Crippen LogP contribution is -2.05. The van der Waals surface area contributed by atoms with E-state index in [1.54, 1.807) is 14.2 Å². The van der Waals surface area contributed by atoms with Gasteiger partial charge in [-0.1, -0.05) is 60.7 Å². The van der Waals surface area contributed by atoms with Crippen LogP contribution in [-0.2, 0) is 0 Å². The van der Waals surface area contributed by atoms with Gasteiger partial charge in [0.1, 0.15) is 46.0 Å². The Labute approximate surface area is 409 Å². The third-order valence-corrected chi connectivity index (χ3v) is 11.1. The van der Waals surface area contributed by atoms with Crippen molar-refractivity contribution in [2.75, 3.05) is 41.0 Å². The van der Waals surface area contributed by atoms with E-state index in [0.29, 0.717) is 13.2 Å². The summed E-state index contributed by atoms with van der Waals surface area (Å²) in [6, 6.07) is 63.2. The maximum atomic E-state index is 5.78. The second kappa shape index (κ2) is 24.3. The Morgan fingerprint density at radius 1 is 0.257 bits per heavy atom. The predicted molar refractivity (Wildman–Crippen MR) is 276 cm³/mol. The van der Waals surface area contributed by atoms with Gasteiger partial charge in [0.2, 0.25) is 13.6 Å². The summed E-state index contributed by atoms with van der Waals surface area (Å²) in [4.78, 5) is 9.25. The Bertz CT molecular complexity index is 2950. The van der Waals surface area contributed by atoms with Crippen LogP contribution < -0.4 is 37.9 Å². The van der Waals surface area contributed by atoms with Crippen molar-refractivity contribution in [3.63, 3.8) is 0 Å². The van der Waals surface area contributed by atoms with Crippen LogP contribution in [0.4, 0.5) is 0 Å². The van der Waals surface area contributed by atoms with Crippen LogP contribution >= 0.6 is 0 Å². The minimum atomic E-state index is 0.122. The van der Waals surface area contributed by atoms with Crippen LogP contribution in [0, 0.1) is 0 Å². The van der Waals surface area contributed by atoms with Gasteiger partial charge >= 0.3 is 0 Å². The second-order valence-electron chi connectivity index (χ2n) is 15.6. The topological polar surface area (TPSA) is 99.6 Å². The van der Waals surface area contributed by atoms with Gasteiger partial charge in [0.25, 0.3) is 0 Å². The lowest BCUT2D eigenvalue weighted by atomic mass is 10.1. The Hall–Kier alpha value is -8.76. The number of ether oxygens (including phenoxy) is 8. The smallest absolute Gasteiger partial charge is 0.230 e. The average molecular weight is 931 g/mol. The van der Waals surface area contributed by atoms with E-state index in [1.807, 2.05) is 196 Å². The van der Waals surface area contributed by atoms with E-state index in [1.165, 1.54) is 0 Å². The normalized spacial score (nSPS) is 10.5. The van der Waals surface area contributed by atoms with Crippen molar-refractivity contribution in [2.45, 2.75) is 13.8 Å². The van der Waals surface area contributed by atoms with E-state index in [0.717, 1.165) is 102 Å². The number of hydrogen-bond acceptors (Lipinski definition) is 10. The number of aromatic nitrogens is 2. The Morgan fingerprint density at radius 3 is 0.743 bits per heavy atom. The lowest BCUT2D eigenvalue weighted by Gasteiger charge is -2.10. The monoisotopic (exact) mass is 930 g/mol. The zero-order valence-electron chi connectivity index (χ0n) is 39.6. The molecule has 0 fully saturated rings. The summed E-state index contributed by atoms with van der Waals surface area (Å²) < 4.78 is 44.3. The molecule has 0 saturated carbocycles. The van der Waals surface area contributed by atoms with Crippen LogP contribution in [0.3, 0.4) is 0 Å².